The van der Waals surface area contributed by atoms with Crippen molar-refractivity contribution in [3.05, 3.63) is 146 Å². The van der Waals surface area contributed by atoms with E-state index in [2.05, 4.69) is 169 Å². The van der Waals surface area contributed by atoms with Crippen LogP contribution in [0.25, 0.3) is 108 Å². The van der Waals surface area contributed by atoms with Crippen molar-refractivity contribution in [1.29, 1.82) is 0 Å². The number of para-hydroxylation sites is 2. The van der Waals surface area contributed by atoms with E-state index in [1.807, 2.05) is 11.3 Å². The van der Waals surface area contributed by atoms with Crippen molar-refractivity contribution in [2.24, 2.45) is 14.1 Å². The van der Waals surface area contributed by atoms with E-state index in [4.69, 9.17) is 0 Å². The van der Waals surface area contributed by atoms with Crippen LogP contribution in [0.2, 0.25) is 0 Å². The number of aryl methyl sites for hydroxylation is 2. The maximum atomic E-state index is 2.38. The van der Waals surface area contributed by atoms with Crippen molar-refractivity contribution in [3.63, 3.8) is 0 Å². The molecule has 12 rings (SSSR count). The Morgan fingerprint density at radius 1 is 0.327 bits per heavy atom. The van der Waals surface area contributed by atoms with Crippen LogP contribution in [0, 0.1) is 0 Å². The highest BCUT2D eigenvalue weighted by Crippen LogP contribution is 2.50. The van der Waals surface area contributed by atoms with Crippen molar-refractivity contribution in [3.8, 4) is 22.3 Å². The lowest BCUT2D eigenvalue weighted by molar-refractivity contribution is 1.01. The minimum atomic E-state index is 1.29. The molecule has 230 valence electrons. The largest absolute Gasteiger partial charge is 0.344 e. The van der Waals surface area contributed by atoms with Crippen LogP contribution in [0.15, 0.2) is 146 Å². The van der Waals surface area contributed by atoms with Crippen LogP contribution >= 0.6 is 11.3 Å². The van der Waals surface area contributed by atoms with Gasteiger partial charge >= 0.3 is 0 Å². The number of thiophene rings is 1. The summed E-state index contributed by atoms with van der Waals surface area (Å²) in [7, 11) is 4.34. The summed E-state index contributed by atoms with van der Waals surface area (Å²) in [6, 6.07) is 53.2. The molecule has 0 atom stereocenters. The second-order valence-electron chi connectivity index (χ2n) is 13.3. The van der Waals surface area contributed by atoms with E-state index in [1.54, 1.807) is 0 Å². The highest BCUT2D eigenvalue weighted by atomic mass is 32.1. The molecule has 0 bridgehead atoms. The molecule has 3 aromatic heterocycles. The van der Waals surface area contributed by atoms with Crippen LogP contribution in [0.1, 0.15) is 0 Å². The number of fused-ring (bicyclic) bond motifs is 16. The standard InChI is InChI=1S/C23H15NS.C23H15N/c1-24-18-8-4-2-6-16(18)22-14-11-13-21-23(15(14)10-12-19(22)24)17-7-3-5-9-20(17)25-21;1-24-20-12-5-4-9-17(20)23-18-11-6-10-16-14-7-2-3-8-15(14)19(22(16)18)13-21(23)24/h2-13H,1H3;2-13H,1H3. The highest BCUT2D eigenvalue weighted by molar-refractivity contribution is 7.26. The lowest BCUT2D eigenvalue weighted by atomic mass is 9.98. The van der Waals surface area contributed by atoms with Gasteiger partial charge in [0.1, 0.15) is 0 Å². The van der Waals surface area contributed by atoms with Crippen LogP contribution in [0.3, 0.4) is 0 Å². The first-order valence-corrected chi connectivity index (χ1v) is 17.7. The Labute approximate surface area is 286 Å². The fourth-order valence-electron chi connectivity index (χ4n) is 8.80. The Morgan fingerprint density at radius 2 is 0.878 bits per heavy atom. The van der Waals surface area contributed by atoms with Crippen LogP contribution in [0.4, 0.5) is 0 Å². The van der Waals surface area contributed by atoms with Gasteiger partial charge in [0.05, 0.1) is 5.52 Å². The van der Waals surface area contributed by atoms with Crippen LogP contribution in [0.5, 0.6) is 0 Å². The van der Waals surface area contributed by atoms with Crippen molar-refractivity contribution in [2.75, 3.05) is 0 Å². The third-order valence-electron chi connectivity index (χ3n) is 11.0. The highest BCUT2D eigenvalue weighted by Gasteiger charge is 2.24. The summed E-state index contributed by atoms with van der Waals surface area (Å²) < 4.78 is 7.37. The predicted octanol–water partition coefficient (Wildman–Crippen LogP) is 13.0. The van der Waals surface area contributed by atoms with E-state index in [0.717, 1.165) is 0 Å². The summed E-state index contributed by atoms with van der Waals surface area (Å²) in [4.78, 5) is 0. The number of rotatable bonds is 0. The zero-order valence-electron chi connectivity index (χ0n) is 27.2. The zero-order chi connectivity index (χ0) is 32.4. The lowest BCUT2D eigenvalue weighted by Crippen LogP contribution is -1.87. The maximum Gasteiger partial charge on any atom is 0.0501 e. The molecule has 0 saturated heterocycles. The summed E-state index contributed by atoms with van der Waals surface area (Å²) in [5.74, 6) is 0. The summed E-state index contributed by atoms with van der Waals surface area (Å²) >= 11 is 1.89. The second-order valence-corrected chi connectivity index (χ2v) is 14.4. The summed E-state index contributed by atoms with van der Waals surface area (Å²) in [6.45, 7) is 0. The van der Waals surface area contributed by atoms with Gasteiger partial charge in [-0.05, 0) is 80.2 Å². The molecule has 0 N–H and O–H groups in total. The van der Waals surface area contributed by atoms with E-state index >= 15 is 0 Å². The van der Waals surface area contributed by atoms with E-state index in [1.165, 1.54) is 108 Å². The van der Waals surface area contributed by atoms with Gasteiger partial charge in [-0.3, -0.25) is 0 Å². The Balaban J connectivity index is 0.000000118. The van der Waals surface area contributed by atoms with Gasteiger partial charge in [0.15, 0.2) is 0 Å². The van der Waals surface area contributed by atoms with Gasteiger partial charge in [-0.25, -0.2) is 0 Å². The molecule has 0 spiro atoms. The average molecular weight is 643 g/mol. The fraction of sp³-hybridized carbons (Fsp3) is 0.0435. The number of aromatic nitrogens is 2. The van der Waals surface area contributed by atoms with Gasteiger partial charge in [0, 0.05) is 72.4 Å². The van der Waals surface area contributed by atoms with Gasteiger partial charge in [-0.15, -0.1) is 11.3 Å². The molecule has 3 heterocycles. The molecule has 0 radical (unpaired) electrons. The molecule has 11 aromatic rings. The molecule has 0 unspecified atom stereocenters. The predicted molar refractivity (Wildman–Crippen MR) is 213 cm³/mol. The molecule has 0 saturated carbocycles. The monoisotopic (exact) mass is 642 g/mol. The molecule has 0 amide bonds. The minimum Gasteiger partial charge on any atom is -0.344 e. The van der Waals surface area contributed by atoms with Crippen LogP contribution in [-0.2, 0) is 14.1 Å². The Morgan fingerprint density at radius 3 is 1.65 bits per heavy atom. The number of hydrogen-bond donors (Lipinski definition) is 0. The fourth-order valence-corrected chi connectivity index (χ4v) is 9.92. The third-order valence-corrected chi connectivity index (χ3v) is 12.1. The van der Waals surface area contributed by atoms with Crippen LogP contribution in [-0.4, -0.2) is 9.13 Å². The molecule has 1 aliphatic rings. The molecule has 2 nitrogen and oxygen atoms in total. The Bertz CT molecular complexity index is 3190. The SMILES string of the molecule is Cn1c2ccccc2c2c3ccc4sc5ccccc5c4c3ccc21.Cn1c2ccccc2c2c3cccc4c3c(cc21)-c1ccccc1-4. The molecule has 8 aromatic carbocycles. The zero-order valence-corrected chi connectivity index (χ0v) is 28.0. The van der Waals surface area contributed by atoms with Gasteiger partial charge in [0.25, 0.3) is 0 Å². The molecule has 3 heteroatoms. The van der Waals surface area contributed by atoms with Crippen molar-refractivity contribution in [1.82, 2.24) is 9.13 Å². The van der Waals surface area contributed by atoms with E-state index in [-0.39, 0.29) is 0 Å². The van der Waals surface area contributed by atoms with Crippen molar-refractivity contribution >= 4 is 96.7 Å². The van der Waals surface area contributed by atoms with Gasteiger partial charge in [-0.1, -0.05) is 109 Å². The maximum absolute atomic E-state index is 2.38. The van der Waals surface area contributed by atoms with E-state index in [9.17, 15) is 0 Å². The average Bonchev–Trinajstić information content (AvgIpc) is 3.87. The molecular formula is C46H30N2S. The molecular weight excluding hydrogens is 613 g/mol. The summed E-state index contributed by atoms with van der Waals surface area (Å²) in [5.41, 5.74) is 10.7. The van der Waals surface area contributed by atoms with E-state index < -0.39 is 0 Å². The number of nitrogens with zero attached hydrogens (tertiary/aromatic N) is 2. The van der Waals surface area contributed by atoms with Gasteiger partial charge in [0.2, 0.25) is 0 Å². The second kappa shape index (κ2) is 9.82. The summed E-state index contributed by atoms with van der Waals surface area (Å²) in [6.07, 6.45) is 0. The smallest absolute Gasteiger partial charge is 0.0501 e. The quantitative estimate of drug-likeness (QED) is 0.156. The Kier molecular flexibility index (Phi) is 5.43. The van der Waals surface area contributed by atoms with Gasteiger partial charge < -0.3 is 9.13 Å². The van der Waals surface area contributed by atoms with Gasteiger partial charge in [-0.2, -0.15) is 0 Å². The topological polar surface area (TPSA) is 9.86 Å². The molecule has 1 aliphatic carbocycles. The van der Waals surface area contributed by atoms with Crippen molar-refractivity contribution < 1.29 is 0 Å². The third kappa shape index (κ3) is 3.55. The molecule has 49 heavy (non-hydrogen) atoms. The first-order valence-electron chi connectivity index (χ1n) is 16.9. The number of hydrogen-bond acceptors (Lipinski definition) is 1. The van der Waals surface area contributed by atoms with Crippen LogP contribution < -0.4 is 0 Å². The van der Waals surface area contributed by atoms with E-state index in [0.29, 0.717) is 0 Å². The first-order chi connectivity index (χ1) is 24.2. The summed E-state index contributed by atoms with van der Waals surface area (Å²) in [5, 5.41) is 13.7. The Hall–Kier alpha value is -5.90. The lowest BCUT2D eigenvalue weighted by Gasteiger charge is -2.06. The molecule has 0 aliphatic heterocycles. The minimum absolute atomic E-state index is 1.29. The normalized spacial score (nSPS) is 12.3. The van der Waals surface area contributed by atoms with Crippen molar-refractivity contribution in [2.45, 2.75) is 0 Å². The number of benzene rings is 8. The molecule has 0 fully saturated rings. The first kappa shape index (κ1) is 27.1.